The van der Waals surface area contributed by atoms with E-state index in [2.05, 4.69) is 6.92 Å². The molecule has 58 valence electrons. The lowest BCUT2D eigenvalue weighted by atomic mass is 10.1. The Balaban J connectivity index is 2.45. The van der Waals surface area contributed by atoms with Crippen LogP contribution in [0.5, 0.6) is 0 Å². The van der Waals surface area contributed by atoms with Crippen LogP contribution in [0.15, 0.2) is 11.4 Å². The molecule has 0 saturated heterocycles. The Hall–Kier alpha value is -0.630. The minimum Gasteiger partial charge on any atom is -0.294 e. The van der Waals surface area contributed by atoms with Gasteiger partial charge in [0, 0.05) is 22.8 Å². The molecule has 0 bridgehead atoms. The van der Waals surface area contributed by atoms with Crippen LogP contribution in [-0.2, 0) is 0 Å². The van der Waals surface area contributed by atoms with Gasteiger partial charge >= 0.3 is 0 Å². The summed E-state index contributed by atoms with van der Waals surface area (Å²) in [5, 5.41) is 2.02. The molecular formula is C9H10OS. The fraction of sp³-hybridized carbons (Fsp3) is 0.444. The zero-order valence-electron chi connectivity index (χ0n) is 6.46. The molecule has 0 fully saturated rings. The van der Waals surface area contributed by atoms with Gasteiger partial charge < -0.3 is 0 Å². The smallest absolute Gasteiger partial charge is 0.164 e. The molecule has 1 unspecified atom stereocenters. The molecule has 0 saturated carbocycles. The van der Waals surface area contributed by atoms with E-state index in [4.69, 9.17) is 0 Å². The number of hydrogen-bond acceptors (Lipinski definition) is 2. The van der Waals surface area contributed by atoms with Crippen LogP contribution in [0.3, 0.4) is 0 Å². The molecule has 0 aliphatic heterocycles. The van der Waals surface area contributed by atoms with Crippen molar-refractivity contribution in [3.05, 3.63) is 21.9 Å². The number of carbonyl (C=O) groups is 1. The third-order valence-electron chi connectivity index (χ3n) is 2.29. The van der Waals surface area contributed by atoms with Crippen LogP contribution in [-0.4, -0.2) is 5.78 Å². The molecular weight excluding hydrogens is 156 g/mol. The first-order chi connectivity index (χ1) is 5.33. The summed E-state index contributed by atoms with van der Waals surface area (Å²) < 4.78 is 0. The molecule has 0 spiro atoms. The number of hydrogen-bond donors (Lipinski definition) is 0. The van der Waals surface area contributed by atoms with E-state index in [1.807, 2.05) is 11.4 Å². The number of ketones is 1. The van der Waals surface area contributed by atoms with Gasteiger partial charge in [0.15, 0.2) is 5.78 Å². The first-order valence-electron chi connectivity index (χ1n) is 3.93. The maximum absolute atomic E-state index is 11.3. The van der Waals surface area contributed by atoms with Gasteiger partial charge in [0.1, 0.15) is 0 Å². The van der Waals surface area contributed by atoms with Crippen LogP contribution >= 0.6 is 11.3 Å². The molecule has 0 N–H and O–H groups in total. The minimum atomic E-state index is 0.341. The quantitative estimate of drug-likeness (QED) is 0.627. The van der Waals surface area contributed by atoms with Gasteiger partial charge in [-0.1, -0.05) is 6.92 Å². The highest BCUT2D eigenvalue weighted by molar-refractivity contribution is 7.10. The molecule has 0 radical (unpaired) electrons. The third-order valence-corrected chi connectivity index (χ3v) is 3.37. The van der Waals surface area contributed by atoms with Crippen molar-refractivity contribution in [3.8, 4) is 0 Å². The molecule has 1 heterocycles. The topological polar surface area (TPSA) is 17.1 Å². The molecule has 0 aromatic carbocycles. The first-order valence-corrected chi connectivity index (χ1v) is 4.81. The molecule has 1 aromatic heterocycles. The Bertz CT molecular complexity index is 288. The highest BCUT2D eigenvalue weighted by Gasteiger charge is 2.28. The largest absolute Gasteiger partial charge is 0.294 e. The first kappa shape index (κ1) is 7.04. The van der Waals surface area contributed by atoms with Crippen LogP contribution in [0.2, 0.25) is 0 Å². The Labute approximate surface area is 70.1 Å². The van der Waals surface area contributed by atoms with E-state index in [1.54, 1.807) is 11.3 Å². The van der Waals surface area contributed by atoms with Crippen LogP contribution in [0.25, 0.3) is 0 Å². The highest BCUT2D eigenvalue weighted by Crippen LogP contribution is 2.38. The molecule has 1 aromatic rings. The molecule has 1 aliphatic rings. The zero-order valence-corrected chi connectivity index (χ0v) is 7.28. The second-order valence-electron chi connectivity index (χ2n) is 2.93. The lowest BCUT2D eigenvalue weighted by Gasteiger charge is -2.01. The second kappa shape index (κ2) is 2.45. The van der Waals surface area contributed by atoms with Gasteiger partial charge in [0.2, 0.25) is 0 Å². The summed E-state index contributed by atoms with van der Waals surface area (Å²) in [5.41, 5.74) is 0.988. The van der Waals surface area contributed by atoms with E-state index in [9.17, 15) is 4.79 Å². The van der Waals surface area contributed by atoms with Crippen molar-refractivity contribution >= 4 is 17.1 Å². The van der Waals surface area contributed by atoms with E-state index in [1.165, 1.54) is 4.88 Å². The Morgan fingerprint density at radius 3 is 3.27 bits per heavy atom. The van der Waals surface area contributed by atoms with Crippen LogP contribution in [0.4, 0.5) is 0 Å². The average molecular weight is 166 g/mol. The molecule has 0 amide bonds. The molecule has 2 heteroatoms. The molecule has 1 atom stereocenters. The van der Waals surface area contributed by atoms with Gasteiger partial charge in [-0.3, -0.25) is 4.79 Å². The van der Waals surface area contributed by atoms with Crippen LogP contribution in [0.1, 0.15) is 40.9 Å². The van der Waals surface area contributed by atoms with Crippen LogP contribution in [0, 0.1) is 0 Å². The summed E-state index contributed by atoms with van der Waals surface area (Å²) in [6, 6.07) is 1.96. The number of carbonyl (C=O) groups excluding carboxylic acids is 1. The lowest BCUT2D eigenvalue weighted by Crippen LogP contribution is -1.91. The predicted molar refractivity (Wildman–Crippen MR) is 46.3 cm³/mol. The number of rotatable bonds is 1. The lowest BCUT2D eigenvalue weighted by molar-refractivity contribution is 0.0988. The summed E-state index contributed by atoms with van der Waals surface area (Å²) >= 11 is 1.73. The third kappa shape index (κ3) is 0.932. The fourth-order valence-electron chi connectivity index (χ4n) is 1.62. The highest BCUT2D eigenvalue weighted by atomic mass is 32.1. The maximum Gasteiger partial charge on any atom is 0.164 e. The molecule has 11 heavy (non-hydrogen) atoms. The Morgan fingerprint density at radius 1 is 1.73 bits per heavy atom. The van der Waals surface area contributed by atoms with E-state index in [0.717, 1.165) is 18.4 Å². The van der Waals surface area contributed by atoms with Gasteiger partial charge in [-0.05, 0) is 17.9 Å². The van der Waals surface area contributed by atoms with E-state index in [-0.39, 0.29) is 0 Å². The van der Waals surface area contributed by atoms with Crippen molar-refractivity contribution in [1.82, 2.24) is 0 Å². The minimum absolute atomic E-state index is 0.341. The number of Topliss-reactive ketones (excluding diaryl/α,β-unsaturated/α-hetero) is 1. The molecule has 2 rings (SSSR count). The average Bonchev–Trinajstić information content (AvgIpc) is 2.54. The van der Waals surface area contributed by atoms with Gasteiger partial charge in [0.25, 0.3) is 0 Å². The summed E-state index contributed by atoms with van der Waals surface area (Å²) in [6.45, 7) is 2.15. The van der Waals surface area contributed by atoms with Gasteiger partial charge in [-0.25, -0.2) is 0 Å². The SMILES string of the molecule is CCC1CC(=O)c2ccsc21. The Morgan fingerprint density at radius 2 is 2.55 bits per heavy atom. The standard InChI is InChI=1S/C9H10OS/c1-2-6-5-8(10)7-3-4-11-9(6)7/h3-4,6H,2,5H2,1H3. The number of fused-ring (bicyclic) bond motifs is 1. The summed E-state index contributed by atoms with van der Waals surface area (Å²) in [5.74, 6) is 0.866. The van der Waals surface area contributed by atoms with Crippen molar-refractivity contribution in [2.24, 2.45) is 0 Å². The van der Waals surface area contributed by atoms with Gasteiger partial charge in [0.05, 0.1) is 0 Å². The van der Waals surface area contributed by atoms with Crippen molar-refractivity contribution in [2.75, 3.05) is 0 Å². The van der Waals surface area contributed by atoms with E-state index in [0.29, 0.717) is 11.7 Å². The predicted octanol–water partition coefficient (Wildman–Crippen LogP) is 2.83. The molecule has 1 nitrogen and oxygen atoms in total. The van der Waals surface area contributed by atoms with Crippen molar-refractivity contribution < 1.29 is 4.79 Å². The summed E-state index contributed by atoms with van der Waals surface area (Å²) in [4.78, 5) is 12.6. The number of thiophene rings is 1. The summed E-state index contributed by atoms with van der Waals surface area (Å²) in [7, 11) is 0. The van der Waals surface area contributed by atoms with Crippen LogP contribution < -0.4 is 0 Å². The van der Waals surface area contributed by atoms with E-state index < -0.39 is 0 Å². The second-order valence-corrected chi connectivity index (χ2v) is 3.88. The normalized spacial score (nSPS) is 22.3. The summed E-state index contributed by atoms with van der Waals surface area (Å²) in [6.07, 6.45) is 1.84. The zero-order chi connectivity index (χ0) is 7.84. The van der Waals surface area contributed by atoms with Crippen molar-refractivity contribution in [2.45, 2.75) is 25.7 Å². The monoisotopic (exact) mass is 166 g/mol. The van der Waals surface area contributed by atoms with Crippen molar-refractivity contribution in [1.29, 1.82) is 0 Å². The van der Waals surface area contributed by atoms with Crippen molar-refractivity contribution in [3.63, 3.8) is 0 Å². The Kier molecular flexibility index (Phi) is 1.57. The maximum atomic E-state index is 11.3. The van der Waals surface area contributed by atoms with Gasteiger partial charge in [-0.2, -0.15) is 0 Å². The van der Waals surface area contributed by atoms with Gasteiger partial charge in [-0.15, -0.1) is 11.3 Å². The fourth-order valence-corrected chi connectivity index (χ4v) is 2.73. The molecule has 1 aliphatic carbocycles. The van der Waals surface area contributed by atoms with E-state index >= 15 is 0 Å².